The monoisotopic (exact) mass is 439 g/mol. The number of hydrogen-bond acceptors (Lipinski definition) is 6. The highest BCUT2D eigenvalue weighted by atomic mass is 32.1. The summed E-state index contributed by atoms with van der Waals surface area (Å²) in [6.07, 6.45) is 0.677. The number of nitrogens with zero attached hydrogens (tertiary/aromatic N) is 5. The van der Waals surface area contributed by atoms with Crippen LogP contribution in [0, 0.1) is 12.7 Å². The minimum atomic E-state index is -0.222. The van der Waals surface area contributed by atoms with E-state index in [1.807, 2.05) is 27.8 Å². The maximum atomic E-state index is 14.0. The van der Waals surface area contributed by atoms with E-state index in [1.54, 1.807) is 12.1 Å². The van der Waals surface area contributed by atoms with E-state index in [4.69, 9.17) is 0 Å². The molecule has 1 aliphatic heterocycles. The summed E-state index contributed by atoms with van der Waals surface area (Å²) in [6, 6.07) is 15.1. The van der Waals surface area contributed by atoms with Crippen molar-refractivity contribution in [1.29, 1.82) is 0 Å². The SMILES string of the molecule is Cc1ccc(Cc2nsc(N(C)CC(=O)N3CCN(c4ccccc4F)CC3)n2)cc1. The van der Waals surface area contributed by atoms with Crippen molar-refractivity contribution in [3.05, 3.63) is 71.3 Å². The van der Waals surface area contributed by atoms with Crippen molar-refractivity contribution in [1.82, 2.24) is 14.3 Å². The number of likely N-dealkylation sites (N-methyl/N-ethyl adjacent to an activating group) is 1. The average molecular weight is 440 g/mol. The molecule has 8 heteroatoms. The number of para-hydroxylation sites is 1. The van der Waals surface area contributed by atoms with Gasteiger partial charge in [0.25, 0.3) is 0 Å². The molecule has 162 valence electrons. The first kappa shape index (κ1) is 21.2. The summed E-state index contributed by atoms with van der Waals surface area (Å²) in [7, 11) is 1.86. The number of hydrogen-bond donors (Lipinski definition) is 0. The maximum absolute atomic E-state index is 14.0. The summed E-state index contributed by atoms with van der Waals surface area (Å²) >= 11 is 1.31. The van der Waals surface area contributed by atoms with Crippen LogP contribution >= 0.6 is 11.5 Å². The van der Waals surface area contributed by atoms with E-state index in [-0.39, 0.29) is 18.3 Å². The van der Waals surface area contributed by atoms with Crippen molar-refractivity contribution in [3.63, 3.8) is 0 Å². The quantitative estimate of drug-likeness (QED) is 0.590. The molecule has 1 saturated heterocycles. The number of halogens is 1. The number of aromatic nitrogens is 2. The van der Waals surface area contributed by atoms with Crippen LogP contribution in [0.25, 0.3) is 0 Å². The lowest BCUT2D eigenvalue weighted by Gasteiger charge is -2.36. The Bertz CT molecular complexity index is 1030. The number of piperazine rings is 1. The molecule has 3 aromatic rings. The number of anilines is 2. The van der Waals surface area contributed by atoms with Crippen LogP contribution in [0.2, 0.25) is 0 Å². The molecule has 0 unspecified atom stereocenters. The smallest absolute Gasteiger partial charge is 0.242 e. The zero-order chi connectivity index (χ0) is 21.8. The van der Waals surface area contributed by atoms with Gasteiger partial charge in [-0.15, -0.1) is 0 Å². The first-order valence-corrected chi connectivity index (χ1v) is 11.1. The molecule has 0 bridgehead atoms. The van der Waals surface area contributed by atoms with Gasteiger partial charge in [0.1, 0.15) is 11.6 Å². The van der Waals surface area contributed by atoms with E-state index in [1.165, 1.54) is 28.7 Å². The predicted octanol–water partition coefficient (Wildman–Crippen LogP) is 3.36. The summed E-state index contributed by atoms with van der Waals surface area (Å²) in [4.78, 5) is 23.0. The molecule has 0 radical (unpaired) electrons. The van der Waals surface area contributed by atoms with E-state index in [0.717, 1.165) is 11.0 Å². The average Bonchev–Trinajstić information content (AvgIpc) is 3.24. The topological polar surface area (TPSA) is 52.6 Å². The Labute approximate surface area is 186 Å². The lowest BCUT2D eigenvalue weighted by Crippen LogP contribution is -2.51. The molecule has 2 heterocycles. The van der Waals surface area contributed by atoms with Gasteiger partial charge in [-0.1, -0.05) is 42.0 Å². The molecule has 0 aliphatic carbocycles. The van der Waals surface area contributed by atoms with Gasteiger partial charge in [-0.25, -0.2) is 9.37 Å². The molecule has 31 heavy (non-hydrogen) atoms. The molecule has 1 aliphatic rings. The first-order valence-electron chi connectivity index (χ1n) is 10.4. The highest BCUT2D eigenvalue weighted by Gasteiger charge is 2.24. The number of aryl methyl sites for hydroxylation is 1. The van der Waals surface area contributed by atoms with Gasteiger partial charge in [-0.3, -0.25) is 4.79 Å². The number of carbonyl (C=O) groups is 1. The summed E-state index contributed by atoms with van der Waals surface area (Å²) in [5, 5.41) is 0.737. The van der Waals surface area contributed by atoms with Crippen LogP contribution in [0.5, 0.6) is 0 Å². The number of amides is 1. The van der Waals surface area contributed by atoms with Crippen LogP contribution < -0.4 is 9.80 Å². The largest absolute Gasteiger partial charge is 0.366 e. The molecule has 0 N–H and O–H groups in total. The second-order valence-electron chi connectivity index (χ2n) is 7.83. The standard InChI is InChI=1S/C23H26FN5OS/c1-17-7-9-18(10-8-17)15-21-25-23(31-26-21)27(2)16-22(30)29-13-11-28(12-14-29)20-6-4-3-5-19(20)24/h3-10H,11-16H2,1-2H3. The van der Waals surface area contributed by atoms with Crippen molar-refractivity contribution < 1.29 is 9.18 Å². The van der Waals surface area contributed by atoms with E-state index >= 15 is 0 Å². The van der Waals surface area contributed by atoms with Crippen LogP contribution in [-0.2, 0) is 11.2 Å². The van der Waals surface area contributed by atoms with Gasteiger partial charge in [0, 0.05) is 51.2 Å². The van der Waals surface area contributed by atoms with E-state index in [0.29, 0.717) is 38.3 Å². The fraction of sp³-hybridized carbons (Fsp3) is 0.348. The van der Waals surface area contributed by atoms with Crippen molar-refractivity contribution in [3.8, 4) is 0 Å². The van der Waals surface area contributed by atoms with E-state index in [9.17, 15) is 9.18 Å². The maximum Gasteiger partial charge on any atom is 0.242 e. The third kappa shape index (κ3) is 5.19. The Kier molecular flexibility index (Phi) is 6.46. The summed E-state index contributed by atoms with van der Waals surface area (Å²) in [5.74, 6) is 0.590. The van der Waals surface area contributed by atoms with Gasteiger partial charge in [-0.05, 0) is 24.6 Å². The van der Waals surface area contributed by atoms with E-state index < -0.39 is 0 Å². The van der Waals surface area contributed by atoms with Crippen molar-refractivity contribution in [2.45, 2.75) is 13.3 Å². The molecule has 0 saturated carbocycles. The molecule has 4 rings (SSSR count). The molecule has 0 spiro atoms. The van der Waals surface area contributed by atoms with Crippen LogP contribution in [0.15, 0.2) is 48.5 Å². The molecule has 1 amide bonds. The fourth-order valence-corrected chi connectivity index (χ4v) is 4.28. The van der Waals surface area contributed by atoms with Crippen LogP contribution in [0.3, 0.4) is 0 Å². The zero-order valence-corrected chi connectivity index (χ0v) is 18.6. The van der Waals surface area contributed by atoms with Gasteiger partial charge in [-0.2, -0.15) is 4.37 Å². The van der Waals surface area contributed by atoms with Crippen molar-refractivity contribution in [2.24, 2.45) is 0 Å². The van der Waals surface area contributed by atoms with E-state index in [2.05, 4.69) is 40.5 Å². The number of benzene rings is 2. The molecule has 1 aromatic heterocycles. The normalized spacial score (nSPS) is 14.0. The molecule has 1 fully saturated rings. The first-order chi connectivity index (χ1) is 15.0. The molecular formula is C23H26FN5OS. The Morgan fingerprint density at radius 3 is 2.52 bits per heavy atom. The highest BCUT2D eigenvalue weighted by Crippen LogP contribution is 2.21. The predicted molar refractivity (Wildman–Crippen MR) is 122 cm³/mol. The third-order valence-corrected chi connectivity index (χ3v) is 6.33. The van der Waals surface area contributed by atoms with Gasteiger partial charge in [0.2, 0.25) is 11.0 Å². The second-order valence-corrected chi connectivity index (χ2v) is 8.56. The number of carbonyl (C=O) groups excluding carboxylic acids is 1. The lowest BCUT2D eigenvalue weighted by molar-refractivity contribution is -0.129. The Morgan fingerprint density at radius 2 is 1.81 bits per heavy atom. The van der Waals surface area contributed by atoms with Gasteiger partial charge in [0.15, 0.2) is 0 Å². The number of rotatable bonds is 6. The molecule has 0 atom stereocenters. The third-order valence-electron chi connectivity index (χ3n) is 5.46. The minimum Gasteiger partial charge on any atom is -0.366 e. The van der Waals surface area contributed by atoms with Crippen LogP contribution in [0.4, 0.5) is 15.2 Å². The zero-order valence-electron chi connectivity index (χ0n) is 17.8. The molecule has 6 nitrogen and oxygen atoms in total. The van der Waals surface area contributed by atoms with Crippen molar-refractivity contribution >= 4 is 28.3 Å². The highest BCUT2D eigenvalue weighted by molar-refractivity contribution is 7.09. The van der Waals surface area contributed by atoms with Crippen molar-refractivity contribution in [2.75, 3.05) is 49.6 Å². The summed E-state index contributed by atoms with van der Waals surface area (Å²) < 4.78 is 18.5. The molecule has 2 aromatic carbocycles. The van der Waals surface area contributed by atoms with Crippen LogP contribution in [0.1, 0.15) is 17.0 Å². The van der Waals surface area contributed by atoms with Gasteiger partial charge < -0.3 is 14.7 Å². The molecular weight excluding hydrogens is 413 g/mol. The summed E-state index contributed by atoms with van der Waals surface area (Å²) in [6.45, 7) is 4.71. The van der Waals surface area contributed by atoms with Crippen LogP contribution in [-0.4, -0.2) is 59.9 Å². The Hall–Kier alpha value is -3.00. The lowest BCUT2D eigenvalue weighted by atomic mass is 10.1. The second kappa shape index (κ2) is 9.43. The fourth-order valence-electron chi connectivity index (χ4n) is 3.64. The Balaban J connectivity index is 1.29. The summed E-state index contributed by atoms with van der Waals surface area (Å²) in [5.41, 5.74) is 2.99. The minimum absolute atomic E-state index is 0.0472. The van der Waals surface area contributed by atoms with Gasteiger partial charge >= 0.3 is 0 Å². The van der Waals surface area contributed by atoms with Gasteiger partial charge in [0.05, 0.1) is 12.2 Å². The Morgan fingerprint density at radius 1 is 1.10 bits per heavy atom.